The molecular formula is C17H27N3O3S. The van der Waals surface area contributed by atoms with Gasteiger partial charge in [-0.25, -0.2) is 4.98 Å². The molecule has 2 fully saturated rings. The number of likely N-dealkylation sites (N-methyl/N-ethyl adjacent to an activating group) is 1. The van der Waals surface area contributed by atoms with Gasteiger partial charge < -0.3 is 19.3 Å². The lowest BCUT2D eigenvalue weighted by Gasteiger charge is -2.32. The molecule has 2 aliphatic heterocycles. The number of amides is 1. The monoisotopic (exact) mass is 353 g/mol. The average molecular weight is 353 g/mol. The molecule has 1 spiro atoms. The Hall–Kier alpha value is -1.02. The summed E-state index contributed by atoms with van der Waals surface area (Å²) < 4.78 is 12.2. The first-order valence-electron chi connectivity index (χ1n) is 8.81. The van der Waals surface area contributed by atoms with E-state index in [0.717, 1.165) is 32.5 Å². The average Bonchev–Trinajstić information content (AvgIpc) is 3.20. The maximum atomic E-state index is 12.7. The van der Waals surface area contributed by atoms with E-state index < -0.39 is 0 Å². The first kappa shape index (κ1) is 17.8. The number of hydrogen-bond acceptors (Lipinski definition) is 6. The smallest absolute Gasteiger partial charge is 0.273 e. The van der Waals surface area contributed by atoms with Gasteiger partial charge in [-0.2, -0.15) is 0 Å². The van der Waals surface area contributed by atoms with Gasteiger partial charge in [0, 0.05) is 18.5 Å². The van der Waals surface area contributed by atoms with Gasteiger partial charge in [-0.15, -0.1) is 11.3 Å². The number of rotatable bonds is 5. The minimum absolute atomic E-state index is 0.0167. The van der Waals surface area contributed by atoms with Crippen LogP contribution < -0.4 is 0 Å². The molecule has 0 unspecified atom stereocenters. The van der Waals surface area contributed by atoms with E-state index in [1.165, 1.54) is 11.3 Å². The second kappa shape index (κ2) is 7.91. The summed E-state index contributed by atoms with van der Waals surface area (Å²) in [6, 6.07) is 0. The largest absolute Gasteiger partial charge is 0.377 e. The molecule has 1 aromatic rings. The molecule has 2 atom stereocenters. The van der Waals surface area contributed by atoms with Gasteiger partial charge in [-0.1, -0.05) is 13.8 Å². The van der Waals surface area contributed by atoms with Gasteiger partial charge in [0.2, 0.25) is 0 Å². The molecule has 0 N–H and O–H groups in total. The van der Waals surface area contributed by atoms with Crippen LogP contribution in [0.1, 0.15) is 37.2 Å². The highest BCUT2D eigenvalue weighted by molar-refractivity contribution is 7.07. The van der Waals surface area contributed by atoms with E-state index in [4.69, 9.17) is 9.47 Å². The molecule has 24 heavy (non-hydrogen) atoms. The molecule has 1 aromatic heterocycles. The SMILES string of the molecule is CCN(CC)C[C@@H]1CC[C@@]2(COCCN(C(=O)c3cscn3)C2)O1. The van der Waals surface area contributed by atoms with E-state index >= 15 is 0 Å². The molecule has 2 saturated heterocycles. The van der Waals surface area contributed by atoms with Crippen molar-refractivity contribution in [3.8, 4) is 0 Å². The zero-order valence-corrected chi connectivity index (χ0v) is 15.4. The van der Waals surface area contributed by atoms with Gasteiger partial charge in [-0.3, -0.25) is 4.79 Å². The molecular weight excluding hydrogens is 326 g/mol. The van der Waals surface area contributed by atoms with Crippen molar-refractivity contribution < 1.29 is 14.3 Å². The van der Waals surface area contributed by atoms with Gasteiger partial charge in [0.15, 0.2) is 0 Å². The van der Waals surface area contributed by atoms with E-state index in [9.17, 15) is 4.79 Å². The molecule has 3 heterocycles. The van der Waals surface area contributed by atoms with Crippen LogP contribution in [0.4, 0.5) is 0 Å². The fourth-order valence-corrected chi connectivity index (χ4v) is 4.10. The summed E-state index contributed by atoms with van der Waals surface area (Å²) in [5.41, 5.74) is 1.86. The van der Waals surface area contributed by atoms with Crippen LogP contribution in [-0.4, -0.2) is 78.3 Å². The van der Waals surface area contributed by atoms with Crippen molar-refractivity contribution in [2.75, 3.05) is 45.9 Å². The fraction of sp³-hybridized carbons (Fsp3) is 0.765. The van der Waals surface area contributed by atoms with Crippen molar-refractivity contribution >= 4 is 17.2 Å². The lowest BCUT2D eigenvalue weighted by molar-refractivity contribution is -0.0896. The summed E-state index contributed by atoms with van der Waals surface area (Å²) in [6.07, 6.45) is 2.20. The summed E-state index contributed by atoms with van der Waals surface area (Å²) >= 11 is 1.45. The highest BCUT2D eigenvalue weighted by Gasteiger charge is 2.44. The molecule has 6 nitrogen and oxygen atoms in total. The minimum atomic E-state index is -0.361. The second-order valence-corrected chi connectivity index (χ2v) is 7.32. The highest BCUT2D eigenvalue weighted by atomic mass is 32.1. The number of hydrogen-bond donors (Lipinski definition) is 0. The molecule has 3 rings (SSSR count). The Morgan fingerprint density at radius 2 is 2.33 bits per heavy atom. The molecule has 0 aliphatic carbocycles. The van der Waals surface area contributed by atoms with Crippen LogP contribution in [0.25, 0.3) is 0 Å². The van der Waals surface area contributed by atoms with Crippen molar-refractivity contribution in [3.05, 3.63) is 16.6 Å². The second-order valence-electron chi connectivity index (χ2n) is 6.60. The van der Waals surface area contributed by atoms with E-state index in [1.54, 1.807) is 10.9 Å². The molecule has 0 bridgehead atoms. The third-order valence-corrected chi connectivity index (χ3v) is 5.57. The minimum Gasteiger partial charge on any atom is -0.377 e. The number of carbonyl (C=O) groups excluding carboxylic acids is 1. The van der Waals surface area contributed by atoms with E-state index in [1.807, 2.05) is 4.90 Å². The molecule has 1 amide bonds. The van der Waals surface area contributed by atoms with Crippen molar-refractivity contribution in [1.82, 2.24) is 14.8 Å². The topological polar surface area (TPSA) is 54.9 Å². The lowest BCUT2D eigenvalue weighted by atomic mass is 10.00. The van der Waals surface area contributed by atoms with Crippen molar-refractivity contribution in [2.45, 2.75) is 38.4 Å². The predicted molar refractivity (Wildman–Crippen MR) is 93.5 cm³/mol. The Kier molecular flexibility index (Phi) is 5.86. The van der Waals surface area contributed by atoms with Crippen LogP contribution in [0.5, 0.6) is 0 Å². The van der Waals surface area contributed by atoms with Crippen LogP contribution in [0.15, 0.2) is 10.9 Å². The van der Waals surface area contributed by atoms with Crippen molar-refractivity contribution in [2.24, 2.45) is 0 Å². The van der Waals surface area contributed by atoms with Gasteiger partial charge in [0.25, 0.3) is 5.91 Å². The molecule has 0 radical (unpaired) electrons. The van der Waals surface area contributed by atoms with Gasteiger partial charge >= 0.3 is 0 Å². The van der Waals surface area contributed by atoms with Crippen LogP contribution >= 0.6 is 11.3 Å². The van der Waals surface area contributed by atoms with E-state index in [-0.39, 0.29) is 17.6 Å². The van der Waals surface area contributed by atoms with Crippen LogP contribution in [-0.2, 0) is 9.47 Å². The van der Waals surface area contributed by atoms with Crippen molar-refractivity contribution in [3.63, 3.8) is 0 Å². The normalized spacial score (nSPS) is 27.8. The van der Waals surface area contributed by atoms with Gasteiger partial charge in [0.1, 0.15) is 11.3 Å². The summed E-state index contributed by atoms with van der Waals surface area (Å²) in [6.45, 7) is 9.70. The van der Waals surface area contributed by atoms with Gasteiger partial charge in [-0.05, 0) is 25.9 Å². The summed E-state index contributed by atoms with van der Waals surface area (Å²) in [5.74, 6) is -0.0167. The van der Waals surface area contributed by atoms with Crippen LogP contribution in [0, 0.1) is 0 Å². The first-order valence-corrected chi connectivity index (χ1v) is 9.75. The first-order chi connectivity index (χ1) is 11.7. The number of carbonyl (C=O) groups is 1. The molecule has 0 saturated carbocycles. The summed E-state index contributed by atoms with van der Waals surface area (Å²) in [7, 11) is 0. The molecule has 2 aliphatic rings. The molecule has 0 aromatic carbocycles. The predicted octanol–water partition coefficient (Wildman–Crippen LogP) is 1.88. The summed E-state index contributed by atoms with van der Waals surface area (Å²) in [5, 5.41) is 1.80. The van der Waals surface area contributed by atoms with Crippen molar-refractivity contribution in [1.29, 1.82) is 0 Å². The Morgan fingerprint density at radius 3 is 3.04 bits per heavy atom. The summed E-state index contributed by atoms with van der Waals surface area (Å²) in [4.78, 5) is 21.0. The fourth-order valence-electron chi connectivity index (χ4n) is 3.58. The van der Waals surface area contributed by atoms with Crippen LogP contribution in [0.2, 0.25) is 0 Å². The number of nitrogens with zero attached hydrogens (tertiary/aromatic N) is 3. The number of ether oxygens (including phenoxy) is 2. The zero-order valence-electron chi connectivity index (χ0n) is 14.6. The van der Waals surface area contributed by atoms with Gasteiger partial charge in [0.05, 0.1) is 31.4 Å². The number of thiazole rings is 1. The Bertz CT molecular complexity index is 535. The van der Waals surface area contributed by atoms with Crippen LogP contribution in [0.3, 0.4) is 0 Å². The Balaban J connectivity index is 1.65. The molecule has 134 valence electrons. The third kappa shape index (κ3) is 3.96. The number of aromatic nitrogens is 1. The van der Waals surface area contributed by atoms with E-state index in [2.05, 4.69) is 23.7 Å². The third-order valence-electron chi connectivity index (χ3n) is 4.98. The maximum Gasteiger partial charge on any atom is 0.273 e. The standard InChI is InChI=1S/C17H27N3O3S/c1-3-19(4-2)9-14-5-6-17(23-14)11-20(7-8-22-12-17)16(21)15-10-24-13-18-15/h10,13-14H,3-9,11-12H2,1-2H3/t14-,17+/m0/s1. The molecule has 7 heteroatoms. The Labute approximate surface area is 147 Å². The quantitative estimate of drug-likeness (QED) is 0.809. The lowest BCUT2D eigenvalue weighted by Crippen LogP contribution is -2.47. The highest BCUT2D eigenvalue weighted by Crippen LogP contribution is 2.33. The zero-order chi connectivity index (χ0) is 17.0. The maximum absolute atomic E-state index is 12.7. The van der Waals surface area contributed by atoms with E-state index in [0.29, 0.717) is 32.0 Å². The Morgan fingerprint density at radius 1 is 1.50 bits per heavy atom.